The summed E-state index contributed by atoms with van der Waals surface area (Å²) in [6.45, 7) is 2.75. The van der Waals surface area contributed by atoms with Gasteiger partial charge in [0, 0.05) is 12.1 Å². The Hall–Kier alpha value is -1.87. The average Bonchev–Trinajstić information content (AvgIpc) is 3.11. The molecule has 0 bridgehead atoms. The minimum absolute atomic E-state index is 0. The molecular weight excluding hydrogens is 340 g/mol. The molecule has 1 aromatic carbocycles. The van der Waals surface area contributed by atoms with Crippen molar-refractivity contribution in [3.8, 4) is 5.69 Å². The molecule has 0 aliphatic carbocycles. The topological polar surface area (TPSA) is 90.0 Å². The van der Waals surface area contributed by atoms with E-state index in [2.05, 4.69) is 20.4 Å². The van der Waals surface area contributed by atoms with Gasteiger partial charge in [-0.25, -0.2) is 0 Å². The van der Waals surface area contributed by atoms with Crippen LogP contribution in [-0.2, 0) is 6.54 Å². The fraction of sp³-hybridized carbons (Fsp3) is 0.417. The number of benzene rings is 1. The van der Waals surface area contributed by atoms with Gasteiger partial charge in [-0.1, -0.05) is 6.07 Å². The van der Waals surface area contributed by atoms with Gasteiger partial charge in [0.1, 0.15) is 0 Å². The van der Waals surface area contributed by atoms with Crippen molar-refractivity contribution in [2.24, 2.45) is 0 Å². The third kappa shape index (κ3) is 3.42. The lowest BCUT2D eigenvalue weighted by atomic mass is 10.3. The van der Waals surface area contributed by atoms with Gasteiger partial charge in [-0.05, 0) is 42.4 Å². The summed E-state index contributed by atoms with van der Waals surface area (Å²) in [5.41, 5.74) is 0.642. The van der Waals surface area contributed by atoms with Gasteiger partial charge in [-0.2, -0.15) is 4.68 Å². The first-order chi connectivity index (χ1) is 9.74. The van der Waals surface area contributed by atoms with Gasteiger partial charge in [-0.3, -0.25) is 15.0 Å². The van der Waals surface area contributed by atoms with Gasteiger partial charge in [0.05, 0.1) is 17.2 Å². The largest absolute Gasteiger partial charge is 0.296 e. The van der Waals surface area contributed by atoms with Gasteiger partial charge in [0.2, 0.25) is 0 Å². The van der Waals surface area contributed by atoms with Gasteiger partial charge in [0.15, 0.2) is 5.82 Å². The predicted octanol–water partition coefficient (Wildman–Crippen LogP) is 1.74. The number of non-ortho nitro benzene ring substituents is 1. The maximum atomic E-state index is 10.8. The molecule has 21 heavy (non-hydrogen) atoms. The molecule has 1 fully saturated rings. The molecule has 8 nitrogen and oxygen atoms in total. The van der Waals surface area contributed by atoms with Crippen molar-refractivity contribution in [3.05, 3.63) is 40.2 Å². The van der Waals surface area contributed by atoms with E-state index in [0.29, 0.717) is 18.1 Å². The van der Waals surface area contributed by atoms with Gasteiger partial charge < -0.3 is 0 Å². The highest BCUT2D eigenvalue weighted by Crippen LogP contribution is 2.18. The Morgan fingerprint density at radius 2 is 2.05 bits per heavy atom. The molecule has 1 aliphatic heterocycles. The lowest BCUT2D eigenvalue weighted by molar-refractivity contribution is -0.384. The van der Waals surface area contributed by atoms with Crippen LogP contribution in [0.4, 0.5) is 5.69 Å². The molecule has 0 amide bonds. The summed E-state index contributed by atoms with van der Waals surface area (Å²) in [6, 6.07) is 6.32. The molecule has 1 saturated heterocycles. The van der Waals surface area contributed by atoms with Crippen molar-refractivity contribution < 1.29 is 4.92 Å². The zero-order valence-corrected chi connectivity index (χ0v) is 13.0. The summed E-state index contributed by atoms with van der Waals surface area (Å²) in [7, 11) is 0. The molecule has 9 heteroatoms. The number of hydrogen-bond donors (Lipinski definition) is 0. The summed E-state index contributed by atoms with van der Waals surface area (Å²) in [6.07, 6.45) is 2.39. The second-order valence-electron chi connectivity index (χ2n) is 4.77. The number of likely N-dealkylation sites (tertiary alicyclic amines) is 1. The molecule has 0 N–H and O–H groups in total. The smallest absolute Gasteiger partial charge is 0.271 e. The van der Waals surface area contributed by atoms with Gasteiger partial charge >= 0.3 is 0 Å². The Morgan fingerprint density at radius 1 is 1.29 bits per heavy atom. The zero-order chi connectivity index (χ0) is 13.9. The van der Waals surface area contributed by atoms with Crippen LogP contribution in [0.2, 0.25) is 0 Å². The minimum atomic E-state index is -0.423. The van der Waals surface area contributed by atoms with Crippen LogP contribution in [0.1, 0.15) is 18.7 Å². The Morgan fingerprint density at radius 3 is 2.76 bits per heavy atom. The molecule has 0 unspecified atom stereocenters. The maximum absolute atomic E-state index is 10.8. The maximum Gasteiger partial charge on any atom is 0.271 e. The SMILES string of the molecule is Br.O=[N+]([O-])c1cccc(-n2nnnc2CN2CCCC2)c1. The molecule has 2 aromatic rings. The highest BCUT2D eigenvalue weighted by molar-refractivity contribution is 8.93. The fourth-order valence-electron chi connectivity index (χ4n) is 2.38. The summed E-state index contributed by atoms with van der Waals surface area (Å²) in [5, 5.41) is 22.5. The molecule has 0 spiro atoms. The molecule has 3 rings (SSSR count). The van der Waals surface area contributed by atoms with E-state index < -0.39 is 4.92 Å². The van der Waals surface area contributed by atoms with Crippen LogP contribution in [-0.4, -0.2) is 43.1 Å². The average molecular weight is 355 g/mol. The molecule has 1 aromatic heterocycles. The normalized spacial score (nSPS) is 14.9. The fourth-order valence-corrected chi connectivity index (χ4v) is 2.38. The van der Waals surface area contributed by atoms with E-state index in [9.17, 15) is 10.1 Å². The van der Waals surface area contributed by atoms with Gasteiger partial charge in [-0.15, -0.1) is 22.1 Å². The Balaban J connectivity index is 0.00000161. The van der Waals surface area contributed by atoms with E-state index in [4.69, 9.17) is 0 Å². The van der Waals surface area contributed by atoms with Crippen LogP contribution in [0.25, 0.3) is 5.69 Å². The monoisotopic (exact) mass is 354 g/mol. The summed E-state index contributed by atoms with van der Waals surface area (Å²) in [5.74, 6) is 0.701. The molecule has 0 radical (unpaired) electrons. The molecule has 1 aliphatic rings. The number of halogens is 1. The number of aromatic nitrogens is 4. The van der Waals surface area contributed by atoms with E-state index in [1.54, 1.807) is 16.8 Å². The van der Waals surface area contributed by atoms with Crippen LogP contribution in [0.3, 0.4) is 0 Å². The van der Waals surface area contributed by atoms with E-state index in [1.807, 2.05) is 0 Å². The Bertz CT molecular complexity index is 626. The molecule has 2 heterocycles. The first kappa shape index (κ1) is 15.5. The predicted molar refractivity (Wildman–Crippen MR) is 80.6 cm³/mol. The van der Waals surface area contributed by atoms with Crippen LogP contribution in [0.5, 0.6) is 0 Å². The Labute approximate surface area is 131 Å². The lowest BCUT2D eigenvalue weighted by Crippen LogP contribution is -2.21. The molecule has 112 valence electrons. The van der Waals surface area contributed by atoms with Crippen molar-refractivity contribution >= 4 is 22.7 Å². The number of hydrogen-bond acceptors (Lipinski definition) is 6. The van der Waals surface area contributed by atoms with E-state index in [0.717, 1.165) is 13.1 Å². The lowest BCUT2D eigenvalue weighted by Gasteiger charge is -2.13. The van der Waals surface area contributed by atoms with Crippen molar-refractivity contribution in [1.82, 2.24) is 25.1 Å². The van der Waals surface area contributed by atoms with E-state index in [-0.39, 0.29) is 22.7 Å². The van der Waals surface area contributed by atoms with Gasteiger partial charge in [0.25, 0.3) is 5.69 Å². The van der Waals surface area contributed by atoms with Crippen LogP contribution in [0, 0.1) is 10.1 Å². The third-order valence-corrected chi connectivity index (χ3v) is 3.38. The minimum Gasteiger partial charge on any atom is -0.296 e. The highest BCUT2D eigenvalue weighted by atomic mass is 79.9. The van der Waals surface area contributed by atoms with Crippen molar-refractivity contribution in [1.29, 1.82) is 0 Å². The number of tetrazole rings is 1. The standard InChI is InChI=1S/C12H14N6O2.BrH/c19-18(20)11-5-3-4-10(8-11)17-12(13-14-15-17)9-16-6-1-2-7-16;/h3-5,8H,1-2,6-7,9H2;1H. The second kappa shape index (κ2) is 6.72. The summed E-state index contributed by atoms with van der Waals surface area (Å²) >= 11 is 0. The Kier molecular flexibility index (Phi) is 4.97. The first-order valence-corrected chi connectivity index (χ1v) is 6.48. The van der Waals surface area contributed by atoms with E-state index in [1.165, 1.54) is 25.0 Å². The van der Waals surface area contributed by atoms with Crippen molar-refractivity contribution in [2.45, 2.75) is 19.4 Å². The van der Waals surface area contributed by atoms with Crippen LogP contribution < -0.4 is 0 Å². The van der Waals surface area contributed by atoms with Crippen LogP contribution in [0.15, 0.2) is 24.3 Å². The van der Waals surface area contributed by atoms with Crippen molar-refractivity contribution in [2.75, 3.05) is 13.1 Å². The zero-order valence-electron chi connectivity index (χ0n) is 11.3. The highest BCUT2D eigenvalue weighted by Gasteiger charge is 2.17. The summed E-state index contributed by atoms with van der Waals surface area (Å²) in [4.78, 5) is 12.7. The second-order valence-corrected chi connectivity index (χ2v) is 4.77. The van der Waals surface area contributed by atoms with Crippen molar-refractivity contribution in [3.63, 3.8) is 0 Å². The third-order valence-electron chi connectivity index (χ3n) is 3.38. The van der Waals surface area contributed by atoms with E-state index >= 15 is 0 Å². The summed E-state index contributed by atoms with van der Waals surface area (Å²) < 4.78 is 1.56. The number of nitro groups is 1. The molecule has 0 atom stereocenters. The quantitative estimate of drug-likeness (QED) is 0.613. The van der Waals surface area contributed by atoms with Crippen LogP contribution >= 0.6 is 17.0 Å². The number of rotatable bonds is 4. The molecular formula is C12H15BrN6O2. The molecule has 0 saturated carbocycles. The first-order valence-electron chi connectivity index (χ1n) is 6.48. The number of nitro benzene ring substituents is 1. The number of nitrogens with zero attached hydrogens (tertiary/aromatic N) is 6.